The summed E-state index contributed by atoms with van der Waals surface area (Å²) in [5.74, 6) is 0.687. The van der Waals surface area contributed by atoms with E-state index >= 15 is 0 Å². The zero-order valence-corrected chi connectivity index (χ0v) is 10.3. The second kappa shape index (κ2) is 4.75. The second-order valence-electron chi connectivity index (χ2n) is 3.88. The van der Waals surface area contributed by atoms with E-state index in [1.807, 2.05) is 0 Å². The smallest absolute Gasteiger partial charge is 0.0701 e. The Morgan fingerprint density at radius 2 is 2.36 bits per heavy atom. The molecular formula is C10H14BrNOS. The van der Waals surface area contributed by atoms with Gasteiger partial charge in [0.25, 0.3) is 0 Å². The van der Waals surface area contributed by atoms with Gasteiger partial charge in [-0.05, 0) is 58.2 Å². The SMILES string of the molecule is OC1CC(CNCc2csc(Br)c2)C1. The standard InChI is InChI=1S/C10H14BrNOS/c11-10-3-8(6-14-10)5-12-4-7-1-9(13)2-7/h3,6-7,9,12-13H,1-2,4-5H2. The predicted molar refractivity (Wildman–Crippen MR) is 62.5 cm³/mol. The van der Waals surface area contributed by atoms with Crippen molar-refractivity contribution < 1.29 is 5.11 Å². The molecule has 14 heavy (non-hydrogen) atoms. The molecule has 1 aromatic rings. The Kier molecular flexibility index (Phi) is 3.60. The number of hydrogen-bond donors (Lipinski definition) is 2. The summed E-state index contributed by atoms with van der Waals surface area (Å²) in [6.45, 7) is 1.97. The molecule has 0 unspecified atom stereocenters. The number of rotatable bonds is 4. The number of hydrogen-bond acceptors (Lipinski definition) is 3. The highest BCUT2D eigenvalue weighted by Gasteiger charge is 2.26. The summed E-state index contributed by atoms with van der Waals surface area (Å²) in [6.07, 6.45) is 1.91. The molecular weight excluding hydrogens is 262 g/mol. The van der Waals surface area contributed by atoms with Gasteiger partial charge in [0.2, 0.25) is 0 Å². The van der Waals surface area contributed by atoms with Crippen LogP contribution in [0.15, 0.2) is 15.2 Å². The van der Waals surface area contributed by atoms with Crippen molar-refractivity contribution in [2.24, 2.45) is 5.92 Å². The number of thiophene rings is 1. The second-order valence-corrected chi connectivity index (χ2v) is 6.17. The zero-order chi connectivity index (χ0) is 9.97. The highest BCUT2D eigenvalue weighted by atomic mass is 79.9. The summed E-state index contributed by atoms with van der Waals surface area (Å²) >= 11 is 5.16. The zero-order valence-electron chi connectivity index (χ0n) is 7.87. The van der Waals surface area contributed by atoms with Crippen molar-refractivity contribution in [3.8, 4) is 0 Å². The van der Waals surface area contributed by atoms with Crippen molar-refractivity contribution >= 4 is 27.3 Å². The molecule has 0 saturated heterocycles. The molecule has 2 nitrogen and oxygen atoms in total. The Morgan fingerprint density at radius 3 is 2.93 bits per heavy atom. The lowest BCUT2D eigenvalue weighted by Crippen LogP contribution is -2.35. The molecule has 1 saturated carbocycles. The molecule has 4 heteroatoms. The van der Waals surface area contributed by atoms with Crippen LogP contribution in [-0.4, -0.2) is 17.8 Å². The first-order valence-corrected chi connectivity index (χ1v) is 6.53. The summed E-state index contributed by atoms with van der Waals surface area (Å²) in [5, 5.41) is 14.7. The summed E-state index contributed by atoms with van der Waals surface area (Å²) in [7, 11) is 0. The molecule has 1 aromatic heterocycles. The quantitative estimate of drug-likeness (QED) is 0.885. The highest BCUT2D eigenvalue weighted by Crippen LogP contribution is 2.26. The van der Waals surface area contributed by atoms with Crippen molar-refractivity contribution in [2.75, 3.05) is 6.54 Å². The lowest BCUT2D eigenvalue weighted by molar-refractivity contribution is 0.0430. The average molecular weight is 276 g/mol. The first-order chi connectivity index (χ1) is 6.74. The number of aliphatic hydroxyl groups is 1. The number of aliphatic hydroxyl groups excluding tert-OH is 1. The van der Waals surface area contributed by atoms with Crippen molar-refractivity contribution in [3.63, 3.8) is 0 Å². The maximum Gasteiger partial charge on any atom is 0.0701 e. The first kappa shape index (κ1) is 10.6. The lowest BCUT2D eigenvalue weighted by atomic mass is 9.82. The van der Waals surface area contributed by atoms with Gasteiger partial charge in [0.05, 0.1) is 9.89 Å². The summed E-state index contributed by atoms with van der Waals surface area (Å²) in [5.41, 5.74) is 1.33. The maximum atomic E-state index is 9.11. The molecule has 2 N–H and O–H groups in total. The molecule has 0 bridgehead atoms. The first-order valence-electron chi connectivity index (χ1n) is 4.85. The van der Waals surface area contributed by atoms with Gasteiger partial charge in [-0.25, -0.2) is 0 Å². The van der Waals surface area contributed by atoms with Crippen LogP contribution in [0.25, 0.3) is 0 Å². The molecule has 2 rings (SSSR count). The third-order valence-electron chi connectivity index (χ3n) is 2.59. The van der Waals surface area contributed by atoms with E-state index in [2.05, 4.69) is 32.7 Å². The molecule has 0 spiro atoms. The van der Waals surface area contributed by atoms with Crippen LogP contribution < -0.4 is 5.32 Å². The molecule has 1 aliphatic carbocycles. The fourth-order valence-electron chi connectivity index (χ4n) is 1.73. The summed E-state index contributed by atoms with van der Waals surface area (Å²) in [4.78, 5) is 0. The van der Waals surface area contributed by atoms with Crippen LogP contribution in [0.4, 0.5) is 0 Å². The average Bonchev–Trinajstić information content (AvgIpc) is 2.48. The third kappa shape index (κ3) is 2.79. The fraction of sp³-hybridized carbons (Fsp3) is 0.600. The van der Waals surface area contributed by atoms with Crippen molar-refractivity contribution in [1.82, 2.24) is 5.32 Å². The molecule has 1 aliphatic rings. The van der Waals surface area contributed by atoms with Crippen molar-refractivity contribution in [3.05, 3.63) is 20.8 Å². The number of halogens is 1. The Hall–Kier alpha value is 0.100. The van der Waals surface area contributed by atoms with Crippen molar-refractivity contribution in [2.45, 2.75) is 25.5 Å². The normalized spacial score (nSPS) is 26.1. The van der Waals surface area contributed by atoms with Gasteiger partial charge in [-0.1, -0.05) is 0 Å². The summed E-state index contributed by atoms with van der Waals surface area (Å²) < 4.78 is 1.19. The van der Waals surface area contributed by atoms with Gasteiger partial charge < -0.3 is 10.4 Å². The van der Waals surface area contributed by atoms with E-state index in [0.29, 0.717) is 5.92 Å². The third-order valence-corrected chi connectivity index (χ3v) is 4.15. The van der Waals surface area contributed by atoms with Crippen LogP contribution in [0.5, 0.6) is 0 Å². The van der Waals surface area contributed by atoms with Gasteiger partial charge in [-0.15, -0.1) is 11.3 Å². The van der Waals surface area contributed by atoms with Gasteiger partial charge in [0.15, 0.2) is 0 Å². The lowest BCUT2D eigenvalue weighted by Gasteiger charge is -2.31. The molecule has 0 aromatic carbocycles. The van der Waals surface area contributed by atoms with E-state index in [0.717, 1.165) is 25.9 Å². The van der Waals surface area contributed by atoms with Crippen LogP contribution in [0.3, 0.4) is 0 Å². The molecule has 0 atom stereocenters. The maximum absolute atomic E-state index is 9.11. The minimum atomic E-state index is -0.0305. The minimum absolute atomic E-state index is 0.0305. The fourth-order valence-corrected chi connectivity index (χ4v) is 2.94. The number of nitrogens with one attached hydrogen (secondary N) is 1. The minimum Gasteiger partial charge on any atom is -0.393 e. The Balaban J connectivity index is 1.63. The van der Waals surface area contributed by atoms with Crippen LogP contribution in [0.1, 0.15) is 18.4 Å². The molecule has 0 amide bonds. The Bertz CT molecular complexity index is 296. The van der Waals surface area contributed by atoms with Gasteiger partial charge in [0.1, 0.15) is 0 Å². The van der Waals surface area contributed by atoms with Crippen LogP contribution in [0, 0.1) is 5.92 Å². The van der Waals surface area contributed by atoms with E-state index in [9.17, 15) is 0 Å². The van der Waals surface area contributed by atoms with E-state index in [4.69, 9.17) is 5.11 Å². The summed E-state index contributed by atoms with van der Waals surface area (Å²) in [6, 6.07) is 2.15. The van der Waals surface area contributed by atoms with Crippen LogP contribution >= 0.6 is 27.3 Å². The van der Waals surface area contributed by atoms with E-state index in [1.165, 1.54) is 9.35 Å². The van der Waals surface area contributed by atoms with E-state index in [1.54, 1.807) is 11.3 Å². The van der Waals surface area contributed by atoms with Gasteiger partial charge >= 0.3 is 0 Å². The monoisotopic (exact) mass is 275 g/mol. The molecule has 0 aliphatic heterocycles. The topological polar surface area (TPSA) is 32.3 Å². The molecule has 1 fully saturated rings. The van der Waals surface area contributed by atoms with Gasteiger partial charge in [-0.3, -0.25) is 0 Å². The molecule has 1 heterocycles. The highest BCUT2D eigenvalue weighted by molar-refractivity contribution is 9.11. The molecule has 0 radical (unpaired) electrons. The van der Waals surface area contributed by atoms with E-state index in [-0.39, 0.29) is 6.10 Å². The Morgan fingerprint density at radius 1 is 1.57 bits per heavy atom. The predicted octanol–water partition coefficient (Wildman–Crippen LogP) is 2.37. The molecule has 78 valence electrons. The van der Waals surface area contributed by atoms with Crippen LogP contribution in [0.2, 0.25) is 0 Å². The Labute approximate surface area is 96.5 Å². The van der Waals surface area contributed by atoms with Crippen molar-refractivity contribution in [1.29, 1.82) is 0 Å². The largest absolute Gasteiger partial charge is 0.393 e. The van der Waals surface area contributed by atoms with E-state index < -0.39 is 0 Å². The van der Waals surface area contributed by atoms with Gasteiger partial charge in [0, 0.05) is 6.54 Å². The van der Waals surface area contributed by atoms with Crippen LogP contribution in [-0.2, 0) is 6.54 Å². The van der Waals surface area contributed by atoms with Gasteiger partial charge in [-0.2, -0.15) is 0 Å².